The molecule has 5 nitrogen and oxygen atoms in total. The maximum Gasteiger partial charge on any atom is 0.272 e. The zero-order valence-electron chi connectivity index (χ0n) is 7.90. The number of aromatic amines is 2. The molecule has 0 fully saturated rings. The molecule has 0 saturated heterocycles. The van der Waals surface area contributed by atoms with Crippen LogP contribution in [0, 0.1) is 0 Å². The molecule has 0 atom stereocenters. The molecule has 3 N–H and O–H groups in total. The van der Waals surface area contributed by atoms with E-state index in [4.69, 9.17) is 12.2 Å². The number of hydrogen-bond donors (Lipinski definition) is 4. The largest absolute Gasteiger partial charge is 0.341 e. The highest BCUT2D eigenvalue weighted by Crippen LogP contribution is 2.16. The van der Waals surface area contributed by atoms with Gasteiger partial charge in [-0.2, -0.15) is 0 Å². The van der Waals surface area contributed by atoms with Crippen molar-refractivity contribution in [2.24, 2.45) is 0 Å². The molecule has 0 spiro atoms. The van der Waals surface area contributed by atoms with Crippen LogP contribution in [0.2, 0.25) is 0 Å². The Morgan fingerprint density at radius 2 is 1.94 bits per heavy atom. The Bertz CT molecular complexity index is 674. The lowest BCUT2D eigenvalue weighted by Gasteiger charge is -2.05. The van der Waals surface area contributed by atoms with Crippen molar-refractivity contribution in [2.45, 2.75) is 0 Å². The Balaban J connectivity index is 2.86. The second-order valence-corrected chi connectivity index (χ2v) is 4.22. The van der Waals surface area contributed by atoms with Crippen LogP contribution in [0.1, 0.15) is 0 Å². The molecule has 82 valence electrons. The molecule has 0 unspecified atom stereocenters. The molecule has 1 aromatic heterocycles. The first-order valence-electron chi connectivity index (χ1n) is 4.33. The van der Waals surface area contributed by atoms with Crippen LogP contribution in [0.15, 0.2) is 27.8 Å². The fraction of sp³-hybridized carbons (Fsp3) is 0. The number of nitrogens with one attached hydrogen (secondary N) is 3. The van der Waals surface area contributed by atoms with Crippen molar-refractivity contribution in [3.05, 3.63) is 38.9 Å². The number of anilines is 1. The van der Waals surface area contributed by atoms with Crippen LogP contribution in [0.5, 0.6) is 0 Å². The zero-order chi connectivity index (χ0) is 11.7. The van der Waals surface area contributed by atoms with Crippen LogP contribution in [-0.2, 0) is 0 Å². The average Bonchev–Trinajstić information content (AvgIpc) is 2.23. The number of rotatable bonds is 1. The van der Waals surface area contributed by atoms with Gasteiger partial charge in [0.15, 0.2) is 0 Å². The molecule has 1 heterocycles. The molecule has 0 saturated carbocycles. The molecule has 1 aromatic carbocycles. The van der Waals surface area contributed by atoms with E-state index in [-0.39, 0.29) is 20.8 Å². The Hall–Kier alpha value is -1.60. The average molecular weight is 253 g/mol. The highest BCUT2D eigenvalue weighted by atomic mass is 32.1. The molecule has 0 aliphatic rings. The summed E-state index contributed by atoms with van der Waals surface area (Å²) in [5.74, 6) is 0. The van der Waals surface area contributed by atoms with E-state index >= 15 is 0 Å². The summed E-state index contributed by atoms with van der Waals surface area (Å²) in [7, 11) is 0. The van der Waals surface area contributed by atoms with E-state index in [9.17, 15) is 9.59 Å². The number of thiol groups is 1. The summed E-state index contributed by atoms with van der Waals surface area (Å²) in [6.45, 7) is 0. The van der Waals surface area contributed by atoms with Crippen LogP contribution in [-0.4, -0.2) is 14.5 Å². The van der Waals surface area contributed by atoms with Crippen molar-refractivity contribution >= 4 is 45.6 Å². The van der Waals surface area contributed by atoms with Crippen LogP contribution in [0.3, 0.4) is 0 Å². The van der Waals surface area contributed by atoms with Gasteiger partial charge in [-0.25, -0.2) is 0 Å². The van der Waals surface area contributed by atoms with Gasteiger partial charge in [-0.3, -0.25) is 19.8 Å². The van der Waals surface area contributed by atoms with Crippen molar-refractivity contribution in [1.29, 1.82) is 0 Å². The van der Waals surface area contributed by atoms with Crippen LogP contribution in [0.4, 0.5) is 5.69 Å². The van der Waals surface area contributed by atoms with E-state index < -0.39 is 0 Å². The van der Waals surface area contributed by atoms with E-state index in [1.165, 1.54) is 0 Å². The SMILES string of the molecule is O=c1[nH][nH]c(=O)c2c(NC(=S)S)cccc12. The summed E-state index contributed by atoms with van der Waals surface area (Å²) >= 11 is 8.69. The topological polar surface area (TPSA) is 77.8 Å². The van der Waals surface area contributed by atoms with E-state index in [1.54, 1.807) is 18.2 Å². The Morgan fingerprint density at radius 1 is 1.25 bits per heavy atom. The number of H-pyrrole nitrogens is 2. The first-order valence-corrected chi connectivity index (χ1v) is 5.19. The minimum absolute atomic E-state index is 0.229. The number of aromatic nitrogens is 2. The maximum atomic E-state index is 11.6. The van der Waals surface area contributed by atoms with Crippen molar-refractivity contribution in [3.63, 3.8) is 0 Å². The first kappa shape index (κ1) is 10.9. The molecule has 0 bridgehead atoms. The number of hydrogen-bond acceptors (Lipinski definition) is 3. The second kappa shape index (κ2) is 4.11. The van der Waals surface area contributed by atoms with Crippen molar-refractivity contribution < 1.29 is 0 Å². The van der Waals surface area contributed by atoms with Crippen LogP contribution in [0.25, 0.3) is 10.8 Å². The summed E-state index contributed by atoms with van der Waals surface area (Å²) in [6, 6.07) is 4.88. The normalized spacial score (nSPS) is 10.3. The molecule has 16 heavy (non-hydrogen) atoms. The lowest BCUT2D eigenvalue weighted by atomic mass is 10.1. The Morgan fingerprint density at radius 3 is 2.62 bits per heavy atom. The van der Waals surface area contributed by atoms with Crippen molar-refractivity contribution in [3.8, 4) is 0 Å². The van der Waals surface area contributed by atoms with E-state index in [2.05, 4.69) is 28.1 Å². The summed E-state index contributed by atoms with van der Waals surface area (Å²) in [5, 5.41) is 7.81. The predicted molar refractivity (Wildman–Crippen MR) is 70.4 cm³/mol. The number of fused-ring (bicyclic) bond motifs is 1. The van der Waals surface area contributed by atoms with Gasteiger partial charge in [-0.15, -0.1) is 12.6 Å². The van der Waals surface area contributed by atoms with Gasteiger partial charge < -0.3 is 5.32 Å². The van der Waals surface area contributed by atoms with Crippen LogP contribution >= 0.6 is 24.8 Å². The Labute approximate surface area is 100 Å². The minimum Gasteiger partial charge on any atom is -0.341 e. The molecule has 0 aliphatic carbocycles. The molecular formula is C9H7N3O2S2. The monoisotopic (exact) mass is 253 g/mol. The zero-order valence-corrected chi connectivity index (χ0v) is 9.61. The molecule has 0 amide bonds. The molecule has 0 radical (unpaired) electrons. The molecule has 2 aromatic rings. The molecule has 0 aliphatic heterocycles. The van der Waals surface area contributed by atoms with Crippen LogP contribution < -0.4 is 16.4 Å². The van der Waals surface area contributed by atoms with E-state index in [1.807, 2.05) is 0 Å². The third kappa shape index (κ3) is 1.86. The Kier molecular flexibility index (Phi) is 2.80. The van der Waals surface area contributed by atoms with E-state index in [0.29, 0.717) is 11.1 Å². The highest BCUT2D eigenvalue weighted by molar-refractivity contribution is 8.11. The number of thiocarbonyl (C=S) groups is 1. The van der Waals surface area contributed by atoms with E-state index in [0.717, 1.165) is 0 Å². The molecule has 7 heteroatoms. The van der Waals surface area contributed by atoms with Gasteiger partial charge >= 0.3 is 0 Å². The minimum atomic E-state index is -0.387. The summed E-state index contributed by atoms with van der Waals surface area (Å²) in [5.41, 5.74) is -0.282. The highest BCUT2D eigenvalue weighted by Gasteiger charge is 2.07. The van der Waals surface area contributed by atoms with Gasteiger partial charge in [0.05, 0.1) is 16.5 Å². The van der Waals surface area contributed by atoms with Gasteiger partial charge in [-0.05, 0) is 12.1 Å². The standard InChI is InChI=1S/C9H7N3O2S2/c13-7-4-2-1-3-5(10-9(15)16)6(4)8(14)12-11-7/h1-3H,(H,11,13)(H,12,14)(H2,10,15,16). The second-order valence-electron chi connectivity index (χ2n) is 3.07. The smallest absolute Gasteiger partial charge is 0.272 e. The molecule has 2 rings (SSSR count). The lowest BCUT2D eigenvalue weighted by Crippen LogP contribution is -2.20. The lowest BCUT2D eigenvalue weighted by molar-refractivity contribution is 0.977. The summed E-state index contributed by atoms with van der Waals surface area (Å²) in [4.78, 5) is 23.1. The third-order valence-corrected chi connectivity index (χ3v) is 2.28. The van der Waals surface area contributed by atoms with Gasteiger partial charge in [-0.1, -0.05) is 18.3 Å². The third-order valence-electron chi connectivity index (χ3n) is 2.07. The van der Waals surface area contributed by atoms with Crippen molar-refractivity contribution in [2.75, 3.05) is 5.32 Å². The maximum absolute atomic E-state index is 11.6. The van der Waals surface area contributed by atoms with Gasteiger partial charge in [0.25, 0.3) is 11.1 Å². The van der Waals surface area contributed by atoms with Crippen molar-refractivity contribution in [1.82, 2.24) is 10.2 Å². The van der Waals surface area contributed by atoms with Gasteiger partial charge in [0, 0.05) is 0 Å². The molecular weight excluding hydrogens is 246 g/mol. The van der Waals surface area contributed by atoms with Gasteiger partial charge in [0.1, 0.15) is 4.32 Å². The summed E-state index contributed by atoms with van der Waals surface area (Å²) < 4.78 is 0.229. The predicted octanol–water partition coefficient (Wildman–Crippen LogP) is 0.843. The number of benzene rings is 1. The fourth-order valence-corrected chi connectivity index (χ4v) is 1.68. The van der Waals surface area contributed by atoms with Gasteiger partial charge in [0.2, 0.25) is 0 Å². The summed E-state index contributed by atoms with van der Waals surface area (Å²) in [6.07, 6.45) is 0. The quantitative estimate of drug-likeness (QED) is 0.449. The fourth-order valence-electron chi connectivity index (χ4n) is 1.45. The first-order chi connectivity index (χ1) is 7.59.